The highest BCUT2D eigenvalue weighted by molar-refractivity contribution is 5.95. The predicted molar refractivity (Wildman–Crippen MR) is 96.9 cm³/mol. The topological polar surface area (TPSA) is 70.2 Å². The van der Waals surface area contributed by atoms with Gasteiger partial charge in [0.25, 0.3) is 0 Å². The summed E-state index contributed by atoms with van der Waals surface area (Å²) >= 11 is 0. The van der Waals surface area contributed by atoms with Gasteiger partial charge in [-0.25, -0.2) is 0 Å². The maximum atomic E-state index is 12.1. The third kappa shape index (κ3) is 5.34. The average Bonchev–Trinajstić information content (AvgIpc) is 2.57. The molecule has 0 aromatic heterocycles. The Morgan fingerprint density at radius 2 is 1.79 bits per heavy atom. The van der Waals surface area contributed by atoms with Crippen molar-refractivity contribution in [1.29, 1.82) is 0 Å². The summed E-state index contributed by atoms with van der Waals surface area (Å²) in [6.45, 7) is 8.14. The van der Waals surface area contributed by atoms with Gasteiger partial charge in [0.2, 0.25) is 11.8 Å². The molecule has 3 N–H and O–H groups in total. The second kappa shape index (κ2) is 8.83. The van der Waals surface area contributed by atoms with Crippen LogP contribution in [-0.4, -0.2) is 31.4 Å². The van der Waals surface area contributed by atoms with E-state index < -0.39 is 0 Å². The van der Waals surface area contributed by atoms with Gasteiger partial charge in [0.05, 0.1) is 6.54 Å². The molecule has 0 saturated carbocycles. The third-order valence-corrected chi connectivity index (χ3v) is 4.89. The van der Waals surface area contributed by atoms with Crippen molar-refractivity contribution < 1.29 is 9.59 Å². The Kier molecular flexibility index (Phi) is 6.79. The van der Waals surface area contributed by atoms with Crippen LogP contribution >= 0.6 is 0 Å². The van der Waals surface area contributed by atoms with E-state index >= 15 is 0 Å². The second-order valence-electron chi connectivity index (χ2n) is 6.86. The lowest BCUT2D eigenvalue weighted by molar-refractivity contribution is -0.125. The normalized spacial score (nSPS) is 16.5. The minimum Gasteiger partial charge on any atom is -0.347 e. The highest BCUT2D eigenvalue weighted by Crippen LogP contribution is 2.24. The van der Waals surface area contributed by atoms with E-state index in [1.165, 1.54) is 0 Å². The first-order valence-corrected chi connectivity index (χ1v) is 8.81. The van der Waals surface area contributed by atoms with Crippen molar-refractivity contribution in [2.75, 3.05) is 25.0 Å². The van der Waals surface area contributed by atoms with E-state index in [-0.39, 0.29) is 18.4 Å². The lowest BCUT2D eigenvalue weighted by atomic mass is 9.84. The molecule has 1 atom stereocenters. The Bertz CT molecular complexity index is 560. The van der Waals surface area contributed by atoms with Crippen LogP contribution in [0.15, 0.2) is 18.2 Å². The molecule has 1 unspecified atom stereocenters. The van der Waals surface area contributed by atoms with Crippen LogP contribution in [0.5, 0.6) is 0 Å². The molecule has 1 aliphatic rings. The summed E-state index contributed by atoms with van der Waals surface area (Å²) in [5, 5.41) is 8.98. The van der Waals surface area contributed by atoms with Gasteiger partial charge in [-0.15, -0.1) is 0 Å². The van der Waals surface area contributed by atoms with Gasteiger partial charge in [0, 0.05) is 12.1 Å². The van der Waals surface area contributed by atoms with Crippen molar-refractivity contribution in [3.8, 4) is 0 Å². The first-order chi connectivity index (χ1) is 11.5. The van der Waals surface area contributed by atoms with E-state index in [0.29, 0.717) is 18.3 Å². The largest absolute Gasteiger partial charge is 0.347 e. The molecule has 2 amide bonds. The molecule has 1 aromatic carbocycles. The molecule has 2 rings (SSSR count). The van der Waals surface area contributed by atoms with Crippen LogP contribution < -0.4 is 16.0 Å². The molecule has 0 aliphatic carbocycles. The van der Waals surface area contributed by atoms with Crippen LogP contribution in [0.3, 0.4) is 0 Å². The summed E-state index contributed by atoms with van der Waals surface area (Å²) in [7, 11) is 0. The standard InChI is InChI=1S/C19H29N3O2/c1-13-5-4-6-14(2)19(13)22-18(24)12-21-17(23)11-15(3)16-7-9-20-10-8-16/h4-6,15-16,20H,7-12H2,1-3H3,(H,21,23)(H,22,24). The number of piperidine rings is 1. The average molecular weight is 331 g/mol. The summed E-state index contributed by atoms with van der Waals surface area (Å²) in [6, 6.07) is 5.88. The molecular weight excluding hydrogens is 302 g/mol. The van der Waals surface area contributed by atoms with Gasteiger partial charge in [-0.1, -0.05) is 25.1 Å². The Morgan fingerprint density at radius 3 is 2.42 bits per heavy atom. The van der Waals surface area contributed by atoms with Crippen molar-refractivity contribution >= 4 is 17.5 Å². The quantitative estimate of drug-likeness (QED) is 0.749. The Morgan fingerprint density at radius 1 is 1.17 bits per heavy atom. The number of aryl methyl sites for hydroxylation is 2. The van der Waals surface area contributed by atoms with Crippen molar-refractivity contribution in [3.05, 3.63) is 29.3 Å². The van der Waals surface area contributed by atoms with Gasteiger partial charge in [-0.05, 0) is 62.7 Å². The predicted octanol–water partition coefficient (Wildman–Crippen LogP) is 2.38. The molecule has 1 heterocycles. The van der Waals surface area contributed by atoms with Crippen molar-refractivity contribution in [1.82, 2.24) is 10.6 Å². The fraction of sp³-hybridized carbons (Fsp3) is 0.579. The number of rotatable bonds is 6. The minimum atomic E-state index is -0.185. The summed E-state index contributed by atoms with van der Waals surface area (Å²) in [6.07, 6.45) is 2.74. The molecule has 0 spiro atoms. The maximum Gasteiger partial charge on any atom is 0.243 e. The second-order valence-corrected chi connectivity index (χ2v) is 6.86. The van der Waals surface area contributed by atoms with Crippen molar-refractivity contribution in [2.45, 2.75) is 40.0 Å². The number of carbonyl (C=O) groups excluding carboxylic acids is 2. The monoisotopic (exact) mass is 331 g/mol. The molecule has 24 heavy (non-hydrogen) atoms. The van der Waals surface area contributed by atoms with Crippen molar-refractivity contribution in [2.24, 2.45) is 11.8 Å². The summed E-state index contributed by atoms with van der Waals surface area (Å²) < 4.78 is 0. The fourth-order valence-electron chi connectivity index (χ4n) is 3.32. The SMILES string of the molecule is Cc1cccc(C)c1NC(=O)CNC(=O)CC(C)C1CCNCC1. The first-order valence-electron chi connectivity index (χ1n) is 8.81. The summed E-state index contributed by atoms with van der Waals surface area (Å²) in [5.74, 6) is 0.724. The van der Waals surface area contributed by atoms with E-state index in [2.05, 4.69) is 22.9 Å². The number of hydrogen-bond donors (Lipinski definition) is 3. The van der Waals surface area contributed by atoms with Gasteiger partial charge in [0.1, 0.15) is 0 Å². The van der Waals surface area contributed by atoms with E-state index in [1.54, 1.807) is 0 Å². The Hall–Kier alpha value is -1.88. The van der Waals surface area contributed by atoms with E-state index in [0.717, 1.165) is 42.7 Å². The van der Waals surface area contributed by atoms with Crippen LogP contribution in [-0.2, 0) is 9.59 Å². The molecule has 132 valence electrons. The van der Waals surface area contributed by atoms with Gasteiger partial charge in [-0.3, -0.25) is 9.59 Å². The number of para-hydroxylation sites is 1. The van der Waals surface area contributed by atoms with Crippen LogP contribution in [0.2, 0.25) is 0 Å². The van der Waals surface area contributed by atoms with Crippen LogP contribution in [0, 0.1) is 25.7 Å². The lowest BCUT2D eigenvalue weighted by Crippen LogP contribution is -2.36. The Balaban J connectivity index is 1.75. The number of nitrogens with one attached hydrogen (secondary N) is 3. The van der Waals surface area contributed by atoms with Crippen LogP contribution in [0.4, 0.5) is 5.69 Å². The zero-order chi connectivity index (χ0) is 17.5. The van der Waals surface area contributed by atoms with Crippen LogP contribution in [0.1, 0.15) is 37.3 Å². The highest BCUT2D eigenvalue weighted by Gasteiger charge is 2.22. The zero-order valence-electron chi connectivity index (χ0n) is 14.9. The fourth-order valence-corrected chi connectivity index (χ4v) is 3.32. The molecule has 0 radical (unpaired) electrons. The molecule has 5 nitrogen and oxygen atoms in total. The maximum absolute atomic E-state index is 12.1. The van der Waals surface area contributed by atoms with Crippen molar-refractivity contribution in [3.63, 3.8) is 0 Å². The lowest BCUT2D eigenvalue weighted by Gasteiger charge is -2.27. The number of amides is 2. The highest BCUT2D eigenvalue weighted by atomic mass is 16.2. The molecule has 1 aliphatic heterocycles. The summed E-state index contributed by atoms with van der Waals surface area (Å²) in [5.41, 5.74) is 2.88. The molecule has 0 bridgehead atoms. The van der Waals surface area contributed by atoms with E-state index in [9.17, 15) is 9.59 Å². The molecule has 1 aromatic rings. The van der Waals surface area contributed by atoms with Gasteiger partial charge >= 0.3 is 0 Å². The number of hydrogen-bond acceptors (Lipinski definition) is 3. The third-order valence-electron chi connectivity index (χ3n) is 4.89. The number of carbonyl (C=O) groups is 2. The zero-order valence-corrected chi connectivity index (χ0v) is 14.9. The molecular formula is C19H29N3O2. The molecule has 1 saturated heterocycles. The Labute approximate surface area is 144 Å². The number of anilines is 1. The van der Waals surface area contributed by atoms with Gasteiger partial charge in [0.15, 0.2) is 0 Å². The van der Waals surface area contributed by atoms with Gasteiger partial charge < -0.3 is 16.0 Å². The van der Waals surface area contributed by atoms with Crippen LogP contribution in [0.25, 0.3) is 0 Å². The molecule has 1 fully saturated rings. The minimum absolute atomic E-state index is 0.0194. The van der Waals surface area contributed by atoms with E-state index in [1.807, 2.05) is 32.0 Å². The first kappa shape index (κ1) is 18.5. The molecule has 5 heteroatoms. The van der Waals surface area contributed by atoms with Gasteiger partial charge in [-0.2, -0.15) is 0 Å². The summed E-state index contributed by atoms with van der Waals surface area (Å²) in [4.78, 5) is 24.2. The number of benzene rings is 1. The van der Waals surface area contributed by atoms with E-state index in [4.69, 9.17) is 0 Å². The smallest absolute Gasteiger partial charge is 0.243 e.